The summed E-state index contributed by atoms with van der Waals surface area (Å²) in [5, 5.41) is 4.04. The number of hydrogen-bond acceptors (Lipinski definition) is 6. The molecule has 6 heteroatoms. The van der Waals surface area contributed by atoms with Crippen LogP contribution in [0.3, 0.4) is 0 Å². The van der Waals surface area contributed by atoms with Crippen LogP contribution in [0.5, 0.6) is 5.75 Å². The van der Waals surface area contributed by atoms with Crippen LogP contribution in [0.2, 0.25) is 0 Å². The Labute approximate surface area is 124 Å². The highest BCUT2D eigenvalue weighted by Gasteiger charge is 2.31. The van der Waals surface area contributed by atoms with E-state index < -0.39 is 5.60 Å². The van der Waals surface area contributed by atoms with Crippen molar-refractivity contribution in [1.82, 2.24) is 10.1 Å². The minimum Gasteiger partial charge on any atom is -0.495 e. The molecule has 114 valence electrons. The van der Waals surface area contributed by atoms with Gasteiger partial charge >= 0.3 is 0 Å². The Balaban J connectivity index is 2.33. The fourth-order valence-electron chi connectivity index (χ4n) is 2.07. The molecule has 0 radical (unpaired) electrons. The largest absolute Gasteiger partial charge is 0.495 e. The molecular weight excluding hydrogens is 270 g/mol. The molecule has 0 bridgehead atoms. The summed E-state index contributed by atoms with van der Waals surface area (Å²) < 4.78 is 16.2. The van der Waals surface area contributed by atoms with E-state index in [1.807, 2.05) is 26.8 Å². The van der Waals surface area contributed by atoms with Crippen LogP contribution >= 0.6 is 0 Å². The van der Waals surface area contributed by atoms with E-state index in [-0.39, 0.29) is 0 Å². The molecule has 0 aliphatic heterocycles. The van der Waals surface area contributed by atoms with Crippen LogP contribution < -0.4 is 10.5 Å². The van der Waals surface area contributed by atoms with Gasteiger partial charge in [0.1, 0.15) is 11.4 Å². The Morgan fingerprint density at radius 1 is 1.33 bits per heavy atom. The molecule has 21 heavy (non-hydrogen) atoms. The third kappa shape index (κ3) is 3.00. The first-order valence-electron chi connectivity index (χ1n) is 6.96. The van der Waals surface area contributed by atoms with Crippen molar-refractivity contribution in [2.75, 3.05) is 19.5 Å². The normalized spacial score (nSPS) is 13.9. The van der Waals surface area contributed by atoms with Crippen molar-refractivity contribution < 1.29 is 14.0 Å². The quantitative estimate of drug-likeness (QED) is 0.824. The number of rotatable bonds is 6. The Morgan fingerprint density at radius 2 is 2.10 bits per heavy atom. The second-order valence-electron chi connectivity index (χ2n) is 4.90. The number of aromatic nitrogens is 2. The lowest BCUT2D eigenvalue weighted by atomic mass is 10.0. The fourth-order valence-corrected chi connectivity index (χ4v) is 2.07. The first-order valence-corrected chi connectivity index (χ1v) is 6.96. The van der Waals surface area contributed by atoms with Gasteiger partial charge in [0, 0.05) is 12.2 Å². The summed E-state index contributed by atoms with van der Waals surface area (Å²) in [5.41, 5.74) is 6.63. The molecule has 1 unspecified atom stereocenters. The molecule has 0 aliphatic rings. The van der Waals surface area contributed by atoms with E-state index in [1.165, 1.54) is 0 Å². The van der Waals surface area contributed by atoms with E-state index in [0.717, 1.165) is 12.0 Å². The third-order valence-corrected chi connectivity index (χ3v) is 3.51. The monoisotopic (exact) mass is 291 g/mol. The lowest BCUT2D eigenvalue weighted by Crippen LogP contribution is -2.26. The zero-order valence-electron chi connectivity index (χ0n) is 12.8. The SMILES string of the molecule is CCOC(C)(CC)c1noc(-c2ccc(OC)c(N)c2)n1. The van der Waals surface area contributed by atoms with Crippen molar-refractivity contribution in [3.63, 3.8) is 0 Å². The van der Waals surface area contributed by atoms with Gasteiger partial charge in [0.15, 0.2) is 0 Å². The molecule has 1 atom stereocenters. The number of ether oxygens (including phenoxy) is 2. The first kappa shape index (κ1) is 15.3. The average Bonchev–Trinajstić information content (AvgIpc) is 2.97. The number of hydrogen-bond donors (Lipinski definition) is 1. The highest BCUT2D eigenvalue weighted by Crippen LogP contribution is 2.31. The molecule has 2 aromatic rings. The zero-order chi connectivity index (χ0) is 15.5. The fraction of sp³-hybridized carbons (Fsp3) is 0.467. The zero-order valence-corrected chi connectivity index (χ0v) is 12.8. The minimum absolute atomic E-state index is 0.415. The van der Waals surface area contributed by atoms with E-state index in [1.54, 1.807) is 19.2 Å². The molecule has 1 aromatic carbocycles. The van der Waals surface area contributed by atoms with Crippen molar-refractivity contribution in [1.29, 1.82) is 0 Å². The van der Waals surface area contributed by atoms with Crippen LogP contribution in [0.1, 0.15) is 33.0 Å². The smallest absolute Gasteiger partial charge is 0.258 e. The lowest BCUT2D eigenvalue weighted by molar-refractivity contribution is -0.0403. The number of benzene rings is 1. The second-order valence-corrected chi connectivity index (χ2v) is 4.90. The van der Waals surface area contributed by atoms with Crippen molar-refractivity contribution in [2.45, 2.75) is 32.8 Å². The summed E-state index contributed by atoms with van der Waals surface area (Å²) >= 11 is 0. The lowest BCUT2D eigenvalue weighted by Gasteiger charge is -2.23. The number of nitrogens with two attached hydrogens (primary N) is 1. The van der Waals surface area contributed by atoms with Gasteiger partial charge in [-0.15, -0.1) is 0 Å². The average molecular weight is 291 g/mol. The van der Waals surface area contributed by atoms with E-state index in [4.69, 9.17) is 19.7 Å². The van der Waals surface area contributed by atoms with Gasteiger partial charge in [-0.2, -0.15) is 4.98 Å². The predicted molar refractivity (Wildman–Crippen MR) is 80.0 cm³/mol. The Morgan fingerprint density at radius 3 is 2.67 bits per heavy atom. The summed E-state index contributed by atoms with van der Waals surface area (Å²) in [7, 11) is 1.57. The highest BCUT2D eigenvalue weighted by atomic mass is 16.5. The molecule has 2 N–H and O–H groups in total. The molecule has 1 aromatic heterocycles. The molecule has 0 amide bonds. The van der Waals surface area contributed by atoms with Gasteiger partial charge < -0.3 is 19.7 Å². The number of methoxy groups -OCH3 is 1. The van der Waals surface area contributed by atoms with E-state index in [2.05, 4.69) is 10.1 Å². The van der Waals surface area contributed by atoms with E-state index in [9.17, 15) is 0 Å². The van der Waals surface area contributed by atoms with Crippen molar-refractivity contribution >= 4 is 5.69 Å². The minimum atomic E-state index is -0.547. The Bertz CT molecular complexity index is 612. The molecule has 1 heterocycles. The second kappa shape index (κ2) is 6.13. The predicted octanol–water partition coefficient (Wildman–Crippen LogP) is 2.99. The maximum Gasteiger partial charge on any atom is 0.258 e. The molecule has 0 saturated carbocycles. The third-order valence-electron chi connectivity index (χ3n) is 3.51. The van der Waals surface area contributed by atoms with Gasteiger partial charge in [-0.05, 0) is 38.5 Å². The Kier molecular flexibility index (Phi) is 4.47. The summed E-state index contributed by atoms with van der Waals surface area (Å²) in [6.45, 7) is 6.51. The van der Waals surface area contributed by atoms with Crippen LogP contribution in [-0.4, -0.2) is 23.9 Å². The van der Waals surface area contributed by atoms with Crippen LogP contribution in [0.25, 0.3) is 11.5 Å². The molecule has 6 nitrogen and oxygen atoms in total. The maximum atomic E-state index is 5.90. The van der Waals surface area contributed by atoms with Gasteiger partial charge in [0.05, 0.1) is 12.8 Å². The summed E-state index contributed by atoms with van der Waals surface area (Å²) in [6.07, 6.45) is 0.755. The van der Waals surface area contributed by atoms with Crippen LogP contribution in [0.15, 0.2) is 22.7 Å². The van der Waals surface area contributed by atoms with Gasteiger partial charge in [-0.25, -0.2) is 0 Å². The van der Waals surface area contributed by atoms with Crippen molar-refractivity contribution in [3.05, 3.63) is 24.0 Å². The number of nitrogen functional groups attached to an aromatic ring is 1. The molecule has 0 aliphatic carbocycles. The standard InChI is InChI=1S/C15H21N3O3/c1-5-15(3,20-6-2)14-17-13(21-18-14)10-7-8-12(19-4)11(16)9-10/h7-9H,5-6,16H2,1-4H3. The van der Waals surface area contributed by atoms with Crippen LogP contribution in [0, 0.1) is 0 Å². The molecule has 0 fully saturated rings. The molecule has 0 saturated heterocycles. The number of anilines is 1. The molecule has 0 spiro atoms. The van der Waals surface area contributed by atoms with Gasteiger partial charge in [-0.3, -0.25) is 0 Å². The molecular formula is C15H21N3O3. The van der Waals surface area contributed by atoms with E-state index >= 15 is 0 Å². The van der Waals surface area contributed by atoms with E-state index in [0.29, 0.717) is 29.8 Å². The van der Waals surface area contributed by atoms with Crippen LogP contribution in [0.4, 0.5) is 5.69 Å². The molecule has 2 rings (SSSR count). The summed E-state index contributed by atoms with van der Waals surface area (Å²) in [4.78, 5) is 4.44. The maximum absolute atomic E-state index is 5.90. The van der Waals surface area contributed by atoms with Gasteiger partial charge in [-0.1, -0.05) is 12.1 Å². The Hall–Kier alpha value is -2.08. The van der Waals surface area contributed by atoms with Crippen molar-refractivity contribution in [2.24, 2.45) is 0 Å². The summed E-state index contributed by atoms with van der Waals surface area (Å²) in [6, 6.07) is 5.35. The van der Waals surface area contributed by atoms with Gasteiger partial charge in [0.25, 0.3) is 5.89 Å². The summed E-state index contributed by atoms with van der Waals surface area (Å²) in [5.74, 6) is 1.57. The van der Waals surface area contributed by atoms with Gasteiger partial charge in [0.2, 0.25) is 5.82 Å². The van der Waals surface area contributed by atoms with Crippen LogP contribution in [-0.2, 0) is 10.3 Å². The number of nitrogens with zero attached hydrogens (tertiary/aromatic N) is 2. The topological polar surface area (TPSA) is 83.4 Å². The first-order chi connectivity index (χ1) is 10.0. The van der Waals surface area contributed by atoms with Crippen molar-refractivity contribution in [3.8, 4) is 17.2 Å². The highest BCUT2D eigenvalue weighted by molar-refractivity contribution is 5.65.